The Morgan fingerprint density at radius 1 is 1.14 bits per heavy atom. The summed E-state index contributed by atoms with van der Waals surface area (Å²) in [6.07, 6.45) is 4.75. The van der Waals surface area contributed by atoms with Crippen LogP contribution in [0.25, 0.3) is 0 Å². The molecular weight excluding hydrogens is 266 g/mol. The number of rotatable bonds is 3. The zero-order chi connectivity index (χ0) is 15.8. The molecule has 0 radical (unpaired) electrons. The van der Waals surface area contributed by atoms with E-state index in [-0.39, 0.29) is 30.0 Å². The Morgan fingerprint density at radius 2 is 1.76 bits per heavy atom. The molecule has 0 aromatic carbocycles. The number of hydrogen-bond acceptors (Lipinski definition) is 3. The molecule has 0 spiro atoms. The van der Waals surface area contributed by atoms with Crippen LogP contribution in [0.5, 0.6) is 0 Å². The van der Waals surface area contributed by atoms with Crippen molar-refractivity contribution in [1.29, 1.82) is 0 Å². The first-order valence-electron chi connectivity index (χ1n) is 8.25. The van der Waals surface area contributed by atoms with Gasteiger partial charge in [0.25, 0.3) is 0 Å². The van der Waals surface area contributed by atoms with Crippen molar-refractivity contribution in [2.45, 2.75) is 84.4 Å². The Bertz CT molecular complexity index is 409. The van der Waals surface area contributed by atoms with Crippen LogP contribution in [0.3, 0.4) is 0 Å². The molecule has 1 heterocycles. The molecule has 0 aromatic rings. The Labute approximate surface area is 128 Å². The lowest BCUT2D eigenvalue weighted by Crippen LogP contribution is -2.54. The Morgan fingerprint density at radius 3 is 2.29 bits per heavy atom. The van der Waals surface area contributed by atoms with Crippen molar-refractivity contribution in [1.82, 2.24) is 4.90 Å². The van der Waals surface area contributed by atoms with Crippen LogP contribution in [0, 0.1) is 11.8 Å². The summed E-state index contributed by atoms with van der Waals surface area (Å²) in [5, 5.41) is 0. The van der Waals surface area contributed by atoms with Crippen molar-refractivity contribution in [3.8, 4) is 0 Å². The van der Waals surface area contributed by atoms with E-state index in [1.165, 1.54) is 0 Å². The lowest BCUT2D eigenvalue weighted by molar-refractivity contribution is -0.126. The highest BCUT2D eigenvalue weighted by Gasteiger charge is 2.42. The van der Waals surface area contributed by atoms with E-state index in [0.717, 1.165) is 32.1 Å². The highest BCUT2D eigenvalue weighted by molar-refractivity contribution is 5.86. The van der Waals surface area contributed by atoms with Gasteiger partial charge in [0.15, 0.2) is 0 Å². The van der Waals surface area contributed by atoms with Gasteiger partial charge in [-0.2, -0.15) is 0 Å². The summed E-state index contributed by atoms with van der Waals surface area (Å²) in [6.45, 7) is 9.69. The summed E-state index contributed by atoms with van der Waals surface area (Å²) in [5.41, 5.74) is -0.497. The molecule has 2 aliphatic rings. The minimum absolute atomic E-state index is 0.00306. The summed E-state index contributed by atoms with van der Waals surface area (Å²) in [7, 11) is 0. The molecule has 1 saturated heterocycles. The third-order valence-electron chi connectivity index (χ3n) is 4.56. The average molecular weight is 295 g/mol. The van der Waals surface area contributed by atoms with Crippen LogP contribution in [-0.4, -0.2) is 34.5 Å². The van der Waals surface area contributed by atoms with E-state index in [0.29, 0.717) is 5.78 Å². The lowest BCUT2D eigenvalue weighted by atomic mass is 9.85. The number of carbonyl (C=O) groups excluding carboxylic acids is 2. The standard InChI is InChI=1S/C17H29NO3/c1-11-7-6-8-14(12(2)15(19)13-9-10-13)18(11)16(20)21-17(3,4)5/h11-14H,6-10H2,1-5H3. The van der Waals surface area contributed by atoms with Gasteiger partial charge in [0.05, 0.1) is 0 Å². The highest BCUT2D eigenvalue weighted by atomic mass is 16.6. The van der Waals surface area contributed by atoms with Gasteiger partial charge in [0, 0.05) is 23.9 Å². The van der Waals surface area contributed by atoms with Gasteiger partial charge < -0.3 is 9.64 Å². The third-order valence-corrected chi connectivity index (χ3v) is 4.56. The smallest absolute Gasteiger partial charge is 0.410 e. The van der Waals surface area contributed by atoms with E-state index < -0.39 is 5.60 Å². The number of likely N-dealkylation sites (tertiary alicyclic amines) is 1. The molecule has 21 heavy (non-hydrogen) atoms. The van der Waals surface area contributed by atoms with Crippen LogP contribution in [-0.2, 0) is 9.53 Å². The normalized spacial score (nSPS) is 28.1. The van der Waals surface area contributed by atoms with Gasteiger partial charge in [-0.1, -0.05) is 6.92 Å². The van der Waals surface area contributed by atoms with Crippen LogP contribution in [0.15, 0.2) is 0 Å². The average Bonchev–Trinajstić information content (AvgIpc) is 3.18. The Balaban J connectivity index is 2.12. The van der Waals surface area contributed by atoms with Gasteiger partial charge in [-0.25, -0.2) is 4.79 Å². The van der Waals surface area contributed by atoms with Crippen LogP contribution < -0.4 is 0 Å². The highest BCUT2D eigenvalue weighted by Crippen LogP contribution is 2.37. The summed E-state index contributed by atoms with van der Waals surface area (Å²) >= 11 is 0. The number of ketones is 1. The van der Waals surface area contributed by atoms with Gasteiger partial charge in [-0.3, -0.25) is 4.79 Å². The van der Waals surface area contributed by atoms with Crippen molar-refractivity contribution in [2.24, 2.45) is 11.8 Å². The number of nitrogens with zero attached hydrogens (tertiary/aromatic N) is 1. The second-order valence-corrected chi connectivity index (χ2v) is 7.70. The second kappa shape index (κ2) is 5.98. The predicted molar refractivity (Wildman–Crippen MR) is 82.1 cm³/mol. The molecule has 120 valence electrons. The number of piperidine rings is 1. The zero-order valence-corrected chi connectivity index (χ0v) is 14.0. The zero-order valence-electron chi connectivity index (χ0n) is 14.0. The van der Waals surface area contributed by atoms with Crippen LogP contribution >= 0.6 is 0 Å². The van der Waals surface area contributed by atoms with E-state index in [4.69, 9.17) is 4.74 Å². The predicted octanol–water partition coefficient (Wildman–Crippen LogP) is 3.78. The van der Waals surface area contributed by atoms with Crippen molar-refractivity contribution >= 4 is 11.9 Å². The van der Waals surface area contributed by atoms with E-state index in [1.807, 2.05) is 32.6 Å². The van der Waals surface area contributed by atoms with E-state index >= 15 is 0 Å². The molecule has 1 saturated carbocycles. The number of ether oxygens (including phenoxy) is 1. The SMILES string of the molecule is CC(C(=O)C1CC1)C1CCCC(C)N1C(=O)OC(C)(C)C. The fourth-order valence-electron chi connectivity index (χ4n) is 3.28. The first-order chi connectivity index (χ1) is 9.70. The maximum absolute atomic E-state index is 12.5. The lowest BCUT2D eigenvalue weighted by Gasteiger charge is -2.43. The summed E-state index contributed by atoms with van der Waals surface area (Å²) in [6, 6.07) is 0.143. The van der Waals surface area contributed by atoms with Crippen LogP contribution in [0.4, 0.5) is 4.79 Å². The molecule has 4 heteroatoms. The van der Waals surface area contributed by atoms with Gasteiger partial charge in [-0.05, 0) is 59.8 Å². The molecule has 3 atom stereocenters. The van der Waals surface area contributed by atoms with Gasteiger partial charge in [0.2, 0.25) is 0 Å². The topological polar surface area (TPSA) is 46.6 Å². The molecule has 1 amide bonds. The Kier molecular flexibility index (Phi) is 4.64. The molecular formula is C17H29NO3. The molecule has 0 bridgehead atoms. The fourth-order valence-corrected chi connectivity index (χ4v) is 3.28. The van der Waals surface area contributed by atoms with Crippen molar-refractivity contribution in [3.05, 3.63) is 0 Å². The molecule has 4 nitrogen and oxygen atoms in total. The van der Waals surface area contributed by atoms with E-state index in [2.05, 4.69) is 6.92 Å². The number of carbonyl (C=O) groups is 2. The quantitative estimate of drug-likeness (QED) is 0.796. The molecule has 1 aliphatic carbocycles. The number of hydrogen-bond donors (Lipinski definition) is 0. The van der Waals surface area contributed by atoms with Crippen molar-refractivity contribution in [3.63, 3.8) is 0 Å². The largest absolute Gasteiger partial charge is 0.444 e. The second-order valence-electron chi connectivity index (χ2n) is 7.70. The van der Waals surface area contributed by atoms with Crippen molar-refractivity contribution in [2.75, 3.05) is 0 Å². The molecule has 1 aliphatic heterocycles. The fraction of sp³-hybridized carbons (Fsp3) is 0.882. The molecule has 3 unspecified atom stereocenters. The van der Waals surface area contributed by atoms with Gasteiger partial charge >= 0.3 is 6.09 Å². The molecule has 2 fully saturated rings. The monoisotopic (exact) mass is 295 g/mol. The van der Waals surface area contributed by atoms with Gasteiger partial charge in [-0.15, -0.1) is 0 Å². The third kappa shape index (κ3) is 3.98. The summed E-state index contributed by atoms with van der Waals surface area (Å²) in [5.74, 6) is 0.508. The number of Topliss-reactive ketones (excluding diaryl/α,β-unsaturated/α-hetero) is 1. The van der Waals surface area contributed by atoms with E-state index in [1.54, 1.807) is 0 Å². The Hall–Kier alpha value is -1.06. The van der Waals surface area contributed by atoms with Crippen LogP contribution in [0.1, 0.15) is 66.7 Å². The van der Waals surface area contributed by atoms with Crippen molar-refractivity contribution < 1.29 is 14.3 Å². The minimum atomic E-state index is -0.497. The van der Waals surface area contributed by atoms with E-state index in [9.17, 15) is 9.59 Å². The first-order valence-corrected chi connectivity index (χ1v) is 8.25. The summed E-state index contributed by atoms with van der Waals surface area (Å²) in [4.78, 5) is 26.8. The molecule has 0 aromatic heterocycles. The molecule has 0 N–H and O–H groups in total. The van der Waals surface area contributed by atoms with Crippen LogP contribution in [0.2, 0.25) is 0 Å². The maximum Gasteiger partial charge on any atom is 0.410 e. The summed E-state index contributed by atoms with van der Waals surface area (Å²) < 4.78 is 5.56. The number of amides is 1. The molecule has 2 rings (SSSR count). The maximum atomic E-state index is 12.5. The minimum Gasteiger partial charge on any atom is -0.444 e. The van der Waals surface area contributed by atoms with Gasteiger partial charge in [0.1, 0.15) is 11.4 Å². The first kappa shape index (κ1) is 16.3.